The Bertz CT molecular complexity index is 1450. The van der Waals surface area contributed by atoms with Crippen LogP contribution < -0.4 is 18.3 Å². The Hall–Kier alpha value is -4.96. The van der Waals surface area contributed by atoms with Crippen LogP contribution in [-0.4, -0.2) is 0 Å². The van der Waals surface area contributed by atoms with E-state index in [0.29, 0.717) is 0 Å². The van der Waals surface area contributed by atoms with E-state index in [-0.39, 0.29) is 0 Å². The first-order valence-corrected chi connectivity index (χ1v) is 13.9. The minimum atomic E-state index is 0.848. The molecule has 0 saturated carbocycles. The third kappa shape index (κ3) is 5.43. The molecule has 0 saturated heterocycles. The molecule has 2 aromatic carbocycles. The highest BCUT2D eigenvalue weighted by Gasteiger charge is 2.13. The molecule has 4 aromatic heterocycles. The van der Waals surface area contributed by atoms with Crippen LogP contribution in [0.15, 0.2) is 147 Å². The van der Waals surface area contributed by atoms with E-state index >= 15 is 0 Å². The summed E-state index contributed by atoms with van der Waals surface area (Å²) < 4.78 is 8.80. The molecule has 20 heterocycles. The Balaban J connectivity index is 1.19. The van der Waals surface area contributed by atoms with E-state index in [9.17, 15) is 0 Å². The van der Waals surface area contributed by atoms with Crippen molar-refractivity contribution in [3.05, 3.63) is 180 Å². The molecule has 0 fully saturated rings. The summed E-state index contributed by atoms with van der Waals surface area (Å²) in [6.45, 7) is 1.70. The maximum atomic E-state index is 2.26. The second-order valence-electron chi connectivity index (χ2n) is 10.7. The first kappa shape index (κ1) is 24.1. The maximum Gasteiger partial charge on any atom is 0.222 e. The molecule has 0 N–H and O–H groups in total. The van der Waals surface area contributed by atoms with Crippen molar-refractivity contribution < 1.29 is 18.3 Å². The van der Waals surface area contributed by atoms with Crippen LogP contribution in [-0.2, 0) is 25.9 Å². The molecule has 0 spiro atoms. The van der Waals surface area contributed by atoms with Gasteiger partial charge in [-0.05, 0) is 35.1 Å². The van der Waals surface area contributed by atoms with Gasteiger partial charge in [-0.3, -0.25) is 0 Å². The third-order valence-electron chi connectivity index (χ3n) is 7.73. The fourth-order valence-corrected chi connectivity index (χ4v) is 5.37. The van der Waals surface area contributed by atoms with Gasteiger partial charge in [-0.2, -0.15) is 9.13 Å². The lowest BCUT2D eigenvalue weighted by molar-refractivity contribution is -0.690. The van der Waals surface area contributed by atoms with Crippen molar-refractivity contribution in [2.45, 2.75) is 25.9 Å². The monoisotopic (exact) mass is 520 g/mol. The number of hydrogen-bond donors (Lipinski definition) is 0. The summed E-state index contributed by atoms with van der Waals surface area (Å²) in [6.07, 6.45) is 19.1. The predicted molar refractivity (Wildman–Crippen MR) is 153 cm³/mol. The van der Waals surface area contributed by atoms with Crippen molar-refractivity contribution in [2.24, 2.45) is 0 Å². The first-order chi connectivity index (χ1) is 19.7. The summed E-state index contributed by atoms with van der Waals surface area (Å²) in [6, 6.07) is 35.6. The van der Waals surface area contributed by atoms with E-state index in [1.54, 1.807) is 0 Å². The highest BCUT2D eigenvalue weighted by Crippen LogP contribution is 2.14. The van der Waals surface area contributed by atoms with Gasteiger partial charge >= 0.3 is 0 Å². The molecule has 16 aliphatic rings. The van der Waals surface area contributed by atoms with E-state index in [0.717, 1.165) is 37.3 Å². The molecular weight excluding hydrogens is 488 g/mol. The Morgan fingerprint density at radius 2 is 0.600 bits per heavy atom. The fourth-order valence-electron chi connectivity index (χ4n) is 5.37. The van der Waals surface area contributed by atoms with Crippen molar-refractivity contribution in [2.75, 3.05) is 0 Å². The summed E-state index contributed by atoms with van der Waals surface area (Å²) >= 11 is 0. The number of nitrogens with zero attached hydrogens (tertiary/aromatic N) is 4. The second kappa shape index (κ2) is 10.7. The van der Waals surface area contributed by atoms with Crippen LogP contribution in [0.4, 0.5) is 0 Å². The lowest BCUT2D eigenvalue weighted by Gasteiger charge is -2.05. The van der Waals surface area contributed by atoms with E-state index in [2.05, 4.69) is 165 Å². The Kier molecular flexibility index (Phi) is 6.42. The van der Waals surface area contributed by atoms with Crippen LogP contribution in [0.3, 0.4) is 0 Å². The van der Waals surface area contributed by atoms with Crippen LogP contribution in [0.5, 0.6) is 0 Å². The normalized spacial score (nSPS) is 12.6. The lowest BCUT2D eigenvalue weighted by Crippen LogP contribution is -2.36. The Morgan fingerprint density at radius 3 is 0.950 bits per heavy atom. The number of benzene rings is 2. The molecule has 16 aliphatic heterocycles. The number of aromatic nitrogens is 4. The zero-order valence-electron chi connectivity index (χ0n) is 22.5. The molecule has 192 valence electrons. The molecule has 0 unspecified atom stereocenters. The molecular formula is C36H32N4+4. The van der Waals surface area contributed by atoms with Gasteiger partial charge in [0.1, 0.15) is 0 Å². The van der Waals surface area contributed by atoms with Crippen molar-refractivity contribution in [3.63, 3.8) is 0 Å². The molecule has 0 radical (unpaired) electrons. The van der Waals surface area contributed by atoms with Gasteiger partial charge in [0.25, 0.3) is 0 Å². The standard InChI is InChI=1S/C36H32N4/c1-2-30-4-3-29(1)25-31-9-21-39(22-10-31)35-13-17-37(18-14-35)27-33-5-7-34(8-6-33)28-38-19-15-36(16-20-38)40-23-11-32(26-30)12-24-40/h1-24H,25-28H2/q+4. The second-order valence-corrected chi connectivity index (χ2v) is 10.7. The Labute approximate surface area is 235 Å². The van der Waals surface area contributed by atoms with Gasteiger partial charge < -0.3 is 0 Å². The van der Waals surface area contributed by atoms with Gasteiger partial charge in [0.15, 0.2) is 62.7 Å². The van der Waals surface area contributed by atoms with Crippen LogP contribution in [0, 0.1) is 0 Å². The molecule has 0 amide bonds. The summed E-state index contributed by atoms with van der Waals surface area (Å²) in [7, 11) is 0. The molecule has 0 aliphatic carbocycles. The highest BCUT2D eigenvalue weighted by molar-refractivity contribution is 5.31. The van der Waals surface area contributed by atoms with Gasteiger partial charge in [0.2, 0.25) is 11.4 Å². The number of pyridine rings is 4. The summed E-state index contributed by atoms with van der Waals surface area (Å²) in [5.74, 6) is 0. The topological polar surface area (TPSA) is 15.5 Å². The summed E-state index contributed by atoms with van der Waals surface area (Å²) in [4.78, 5) is 0. The van der Waals surface area contributed by atoms with Crippen molar-refractivity contribution in [1.82, 2.24) is 0 Å². The summed E-state index contributed by atoms with van der Waals surface area (Å²) in [5.41, 5.74) is 10.2. The molecule has 4 nitrogen and oxygen atoms in total. The molecule has 6 aromatic rings. The highest BCUT2D eigenvalue weighted by atomic mass is 15.0. The zero-order valence-corrected chi connectivity index (χ0v) is 22.5. The average molecular weight is 521 g/mol. The van der Waals surface area contributed by atoms with Crippen LogP contribution in [0.25, 0.3) is 11.4 Å². The van der Waals surface area contributed by atoms with Crippen LogP contribution in [0.2, 0.25) is 0 Å². The quantitative estimate of drug-likeness (QED) is 0.264. The van der Waals surface area contributed by atoms with Crippen molar-refractivity contribution in [3.8, 4) is 11.4 Å². The fraction of sp³-hybridized carbons (Fsp3) is 0.111. The molecule has 12 bridgehead atoms. The average Bonchev–Trinajstić information content (AvgIpc) is 3.00. The van der Waals surface area contributed by atoms with Crippen LogP contribution in [0.1, 0.15) is 33.4 Å². The first-order valence-electron chi connectivity index (χ1n) is 13.9. The van der Waals surface area contributed by atoms with Gasteiger partial charge in [0, 0.05) is 35.4 Å². The molecule has 4 heteroatoms. The predicted octanol–water partition coefficient (Wildman–Crippen LogP) is 4.41. The largest absolute Gasteiger partial charge is 0.222 e. The van der Waals surface area contributed by atoms with E-state index in [4.69, 9.17) is 0 Å². The van der Waals surface area contributed by atoms with Gasteiger partial charge in [-0.25, -0.2) is 9.13 Å². The summed E-state index contributed by atoms with van der Waals surface area (Å²) in [5, 5.41) is 0. The minimum absolute atomic E-state index is 0.848. The lowest BCUT2D eigenvalue weighted by atomic mass is 10.0. The van der Waals surface area contributed by atoms with Crippen molar-refractivity contribution in [1.29, 1.82) is 0 Å². The third-order valence-corrected chi connectivity index (χ3v) is 7.73. The van der Waals surface area contributed by atoms with Gasteiger partial charge in [0.05, 0.1) is 24.3 Å². The van der Waals surface area contributed by atoms with Gasteiger partial charge in [-0.1, -0.05) is 48.5 Å². The van der Waals surface area contributed by atoms with E-state index in [1.165, 1.54) is 33.4 Å². The molecule has 0 atom stereocenters. The smallest absolute Gasteiger partial charge is 0.200 e. The SMILES string of the molecule is c1cc2ccc1Cc1cc[n+](cc1)-c1cc[n+](cc1)Cc1ccc(cc1)C[n+]1ccc(cc1)-[n+]1ccc(cc1)C2. The minimum Gasteiger partial charge on any atom is -0.200 e. The van der Waals surface area contributed by atoms with Crippen molar-refractivity contribution >= 4 is 0 Å². The Morgan fingerprint density at radius 1 is 0.300 bits per heavy atom. The number of rotatable bonds is 0. The molecule has 40 heavy (non-hydrogen) atoms. The van der Waals surface area contributed by atoms with E-state index < -0.39 is 0 Å². The maximum absolute atomic E-state index is 2.26. The number of hydrogen-bond acceptors (Lipinski definition) is 0. The van der Waals surface area contributed by atoms with E-state index in [1.807, 2.05) is 0 Å². The van der Waals surface area contributed by atoms with Crippen LogP contribution >= 0.6 is 0 Å². The van der Waals surface area contributed by atoms with Gasteiger partial charge in [-0.15, -0.1) is 0 Å². The molecule has 22 rings (SSSR count). The zero-order chi connectivity index (χ0) is 26.7.